The quantitative estimate of drug-likeness (QED) is 0.322. The Morgan fingerprint density at radius 2 is 1.83 bits per heavy atom. The van der Waals surface area contributed by atoms with Gasteiger partial charge in [-0.1, -0.05) is 11.6 Å². The number of benzene rings is 2. The second kappa shape index (κ2) is 7.77. The number of hydrogen-bond acceptors (Lipinski definition) is 5. The van der Waals surface area contributed by atoms with Crippen LogP contribution < -0.4 is 0 Å². The van der Waals surface area contributed by atoms with E-state index in [2.05, 4.69) is 5.10 Å². The van der Waals surface area contributed by atoms with Gasteiger partial charge in [0.15, 0.2) is 12.4 Å². The molecular weight excluding hydrogens is 415 g/mol. The van der Waals surface area contributed by atoms with Crippen molar-refractivity contribution in [3.05, 3.63) is 81.6 Å². The third kappa shape index (κ3) is 3.92. The summed E-state index contributed by atoms with van der Waals surface area (Å²) < 4.78 is 20.0. The lowest BCUT2D eigenvalue weighted by molar-refractivity contribution is 0.0479. The molecule has 0 amide bonds. The molecule has 2 aromatic carbocycles. The molecular formula is C21H14ClFN2O3S. The van der Waals surface area contributed by atoms with Gasteiger partial charge in [-0.2, -0.15) is 5.10 Å². The first-order valence-corrected chi connectivity index (χ1v) is 9.83. The van der Waals surface area contributed by atoms with Gasteiger partial charge in [-0.15, -0.1) is 11.3 Å². The van der Waals surface area contributed by atoms with Gasteiger partial charge < -0.3 is 4.74 Å². The fraction of sp³-hybridized carbons (Fsp3) is 0.0952. The third-order valence-electron chi connectivity index (χ3n) is 4.32. The highest BCUT2D eigenvalue weighted by Gasteiger charge is 2.19. The minimum Gasteiger partial charge on any atom is -0.453 e. The van der Waals surface area contributed by atoms with Gasteiger partial charge in [0, 0.05) is 16.0 Å². The Labute approximate surface area is 174 Å². The number of carbonyl (C=O) groups excluding carboxylic acids is 2. The van der Waals surface area contributed by atoms with Gasteiger partial charge in [0.2, 0.25) is 0 Å². The van der Waals surface area contributed by atoms with E-state index < -0.39 is 5.97 Å². The van der Waals surface area contributed by atoms with Crippen LogP contribution in [0, 0.1) is 12.7 Å². The van der Waals surface area contributed by atoms with Crippen molar-refractivity contribution in [1.82, 2.24) is 9.78 Å². The highest BCUT2D eigenvalue weighted by Crippen LogP contribution is 2.31. The summed E-state index contributed by atoms with van der Waals surface area (Å²) in [6, 6.07) is 14.0. The van der Waals surface area contributed by atoms with Crippen molar-refractivity contribution in [3.63, 3.8) is 0 Å². The first-order valence-electron chi connectivity index (χ1n) is 8.63. The first-order chi connectivity index (χ1) is 13.9. The number of carbonyl (C=O) groups is 2. The Kier molecular flexibility index (Phi) is 5.17. The number of nitrogens with zero attached hydrogens (tertiary/aromatic N) is 2. The van der Waals surface area contributed by atoms with Gasteiger partial charge in [0.25, 0.3) is 0 Å². The summed E-state index contributed by atoms with van der Waals surface area (Å²) in [6.45, 7) is 1.46. The maximum absolute atomic E-state index is 13.2. The molecule has 0 aliphatic heterocycles. The number of halogens is 2. The Balaban J connectivity index is 1.54. The Bertz CT molecular complexity index is 1210. The number of aryl methyl sites for hydroxylation is 1. The molecule has 0 bridgehead atoms. The van der Waals surface area contributed by atoms with E-state index >= 15 is 0 Å². The molecule has 5 nitrogen and oxygen atoms in total. The topological polar surface area (TPSA) is 61.2 Å². The average molecular weight is 429 g/mol. The molecule has 0 fully saturated rings. The number of rotatable bonds is 5. The number of thiophene rings is 1. The smallest absolute Gasteiger partial charge is 0.348 e. The van der Waals surface area contributed by atoms with E-state index in [0.717, 1.165) is 15.9 Å². The second-order valence-electron chi connectivity index (χ2n) is 6.31. The van der Waals surface area contributed by atoms with Crippen LogP contribution in [0.3, 0.4) is 0 Å². The monoisotopic (exact) mass is 428 g/mol. The van der Waals surface area contributed by atoms with Crippen molar-refractivity contribution in [2.75, 3.05) is 6.61 Å². The van der Waals surface area contributed by atoms with Gasteiger partial charge in [0.1, 0.15) is 15.5 Å². The molecule has 0 radical (unpaired) electrons. The number of ketones is 1. The number of esters is 1. The second-order valence-corrected chi connectivity index (χ2v) is 7.78. The van der Waals surface area contributed by atoms with Gasteiger partial charge in [-0.25, -0.2) is 13.9 Å². The summed E-state index contributed by atoms with van der Waals surface area (Å²) in [6.07, 6.45) is 0. The zero-order chi connectivity index (χ0) is 20.5. The normalized spacial score (nSPS) is 11.0. The Morgan fingerprint density at radius 3 is 2.52 bits per heavy atom. The van der Waals surface area contributed by atoms with Crippen molar-refractivity contribution in [1.29, 1.82) is 0 Å². The van der Waals surface area contributed by atoms with E-state index in [4.69, 9.17) is 16.3 Å². The summed E-state index contributed by atoms with van der Waals surface area (Å²) in [5.74, 6) is -1.24. The zero-order valence-corrected chi connectivity index (χ0v) is 16.8. The predicted molar refractivity (Wildman–Crippen MR) is 110 cm³/mol. The van der Waals surface area contributed by atoms with Crippen LogP contribution >= 0.6 is 22.9 Å². The lowest BCUT2D eigenvalue weighted by Gasteiger charge is -2.03. The van der Waals surface area contributed by atoms with E-state index in [-0.39, 0.29) is 18.2 Å². The van der Waals surface area contributed by atoms with Gasteiger partial charge in [-0.05, 0) is 61.5 Å². The fourth-order valence-electron chi connectivity index (χ4n) is 2.83. The molecule has 0 saturated carbocycles. The standard InChI is InChI=1S/C21H14ClFN2O3S/c1-12-17-10-19(21(27)28-11-18(26)13-2-4-14(22)5-3-13)29-20(17)25(24-12)16-8-6-15(23)7-9-16/h2-10H,11H2,1H3. The molecule has 0 aliphatic rings. The van der Waals surface area contributed by atoms with Crippen molar-refractivity contribution < 1.29 is 18.7 Å². The van der Waals surface area contributed by atoms with Crippen LogP contribution in [-0.2, 0) is 4.74 Å². The number of ether oxygens (including phenoxy) is 1. The summed E-state index contributed by atoms with van der Waals surface area (Å²) in [5, 5.41) is 5.78. The maximum atomic E-state index is 13.2. The van der Waals surface area contributed by atoms with Crippen LogP contribution in [-0.4, -0.2) is 28.1 Å². The Morgan fingerprint density at radius 1 is 1.14 bits per heavy atom. The molecule has 146 valence electrons. The van der Waals surface area contributed by atoms with E-state index in [0.29, 0.717) is 21.2 Å². The maximum Gasteiger partial charge on any atom is 0.348 e. The molecule has 0 N–H and O–H groups in total. The van der Waals surface area contributed by atoms with Crippen LogP contribution in [0.5, 0.6) is 0 Å². The van der Waals surface area contributed by atoms with Crippen LogP contribution in [0.2, 0.25) is 5.02 Å². The van der Waals surface area contributed by atoms with E-state index in [1.165, 1.54) is 23.5 Å². The summed E-state index contributed by atoms with van der Waals surface area (Å²) >= 11 is 7.01. The van der Waals surface area contributed by atoms with Crippen LogP contribution in [0.25, 0.3) is 15.9 Å². The van der Waals surface area contributed by atoms with E-state index in [1.54, 1.807) is 47.1 Å². The zero-order valence-electron chi connectivity index (χ0n) is 15.2. The van der Waals surface area contributed by atoms with Crippen molar-refractivity contribution in [2.24, 2.45) is 0 Å². The highest BCUT2D eigenvalue weighted by atomic mass is 35.5. The number of fused-ring (bicyclic) bond motifs is 1. The minimum absolute atomic E-state index is 0.315. The van der Waals surface area contributed by atoms with Gasteiger partial charge >= 0.3 is 5.97 Å². The molecule has 29 heavy (non-hydrogen) atoms. The molecule has 0 atom stereocenters. The number of aromatic nitrogens is 2. The lowest BCUT2D eigenvalue weighted by atomic mass is 10.1. The molecule has 8 heteroatoms. The molecule has 0 aliphatic carbocycles. The van der Waals surface area contributed by atoms with Crippen molar-refractivity contribution in [2.45, 2.75) is 6.92 Å². The number of Topliss-reactive ketones (excluding diaryl/α,β-unsaturated/α-hetero) is 1. The van der Waals surface area contributed by atoms with E-state index in [1.807, 2.05) is 6.92 Å². The molecule has 4 aromatic rings. The first kappa shape index (κ1) is 19.3. The lowest BCUT2D eigenvalue weighted by Crippen LogP contribution is -2.13. The molecule has 4 rings (SSSR count). The third-order valence-corrected chi connectivity index (χ3v) is 5.66. The molecule has 0 unspecified atom stereocenters. The van der Waals surface area contributed by atoms with Gasteiger partial charge in [0.05, 0.1) is 11.4 Å². The highest BCUT2D eigenvalue weighted by molar-refractivity contribution is 7.20. The summed E-state index contributed by atoms with van der Waals surface area (Å²) in [5.41, 5.74) is 1.84. The fourth-order valence-corrected chi connectivity index (χ4v) is 4.03. The predicted octanol–water partition coefficient (Wildman–Crippen LogP) is 5.23. The van der Waals surface area contributed by atoms with Crippen molar-refractivity contribution >= 4 is 44.9 Å². The largest absolute Gasteiger partial charge is 0.453 e. The SMILES string of the molecule is Cc1nn(-c2ccc(F)cc2)c2sc(C(=O)OCC(=O)c3ccc(Cl)cc3)cc12. The molecule has 2 heterocycles. The van der Waals surface area contributed by atoms with Crippen LogP contribution in [0.4, 0.5) is 4.39 Å². The number of hydrogen-bond donors (Lipinski definition) is 0. The van der Waals surface area contributed by atoms with Crippen molar-refractivity contribution in [3.8, 4) is 5.69 Å². The van der Waals surface area contributed by atoms with Crippen LogP contribution in [0.1, 0.15) is 25.7 Å². The average Bonchev–Trinajstić information content (AvgIpc) is 3.28. The molecule has 0 saturated heterocycles. The van der Waals surface area contributed by atoms with Crippen LogP contribution in [0.15, 0.2) is 54.6 Å². The molecule has 2 aromatic heterocycles. The van der Waals surface area contributed by atoms with E-state index in [9.17, 15) is 14.0 Å². The summed E-state index contributed by atoms with van der Waals surface area (Å²) in [4.78, 5) is 25.7. The Hall–Kier alpha value is -3.03. The molecule has 0 spiro atoms. The van der Waals surface area contributed by atoms with Gasteiger partial charge in [-0.3, -0.25) is 4.79 Å². The minimum atomic E-state index is -0.585. The summed E-state index contributed by atoms with van der Waals surface area (Å²) in [7, 11) is 0.